The van der Waals surface area contributed by atoms with Crippen LogP contribution in [-0.4, -0.2) is 8.42 Å². The second-order valence-corrected chi connectivity index (χ2v) is 5.14. The summed E-state index contributed by atoms with van der Waals surface area (Å²) in [5.41, 5.74) is 0. The lowest BCUT2D eigenvalue weighted by Gasteiger charge is -2.02. The molecular weight excluding hydrogens is 234 g/mol. The molecule has 0 aliphatic rings. The molecule has 0 bridgehead atoms. The molecule has 0 radical (unpaired) electrons. The quantitative estimate of drug-likeness (QED) is 0.832. The van der Waals surface area contributed by atoms with Crippen LogP contribution < -0.4 is 5.14 Å². The Hall–Kier alpha value is -1.10. The van der Waals surface area contributed by atoms with E-state index in [2.05, 4.69) is 0 Å². The molecule has 2 aromatic carbocycles. The first-order valence-corrected chi connectivity index (χ1v) is 6.12. The van der Waals surface area contributed by atoms with E-state index in [9.17, 15) is 8.42 Å². The summed E-state index contributed by atoms with van der Waals surface area (Å²) in [5, 5.41) is 7.11. The second-order valence-electron chi connectivity index (χ2n) is 3.17. The van der Waals surface area contributed by atoms with Crippen LogP contribution in [0.5, 0.6) is 0 Å². The van der Waals surface area contributed by atoms with Gasteiger partial charge in [-0.05, 0) is 23.6 Å². The van der Waals surface area contributed by atoms with E-state index in [0.717, 1.165) is 5.39 Å². The summed E-state index contributed by atoms with van der Waals surface area (Å²) in [5.74, 6) is 0. The van der Waals surface area contributed by atoms with Crippen LogP contribution in [0.1, 0.15) is 0 Å². The van der Waals surface area contributed by atoms with E-state index in [0.29, 0.717) is 10.4 Å². The molecule has 0 spiro atoms. The van der Waals surface area contributed by atoms with Gasteiger partial charge < -0.3 is 0 Å². The molecule has 0 saturated carbocycles. The van der Waals surface area contributed by atoms with Crippen LogP contribution in [0.25, 0.3) is 10.8 Å². The first kappa shape index (κ1) is 10.4. The van der Waals surface area contributed by atoms with E-state index < -0.39 is 10.0 Å². The number of hydrogen-bond acceptors (Lipinski definition) is 2. The Morgan fingerprint density at radius 3 is 2.53 bits per heavy atom. The maximum absolute atomic E-state index is 11.1. The summed E-state index contributed by atoms with van der Waals surface area (Å²) >= 11 is 5.94. The molecule has 15 heavy (non-hydrogen) atoms. The Morgan fingerprint density at radius 1 is 1.13 bits per heavy atom. The van der Waals surface area contributed by atoms with Crippen molar-refractivity contribution in [2.75, 3.05) is 0 Å². The molecule has 0 aliphatic carbocycles. The van der Waals surface area contributed by atoms with Gasteiger partial charge in [0.2, 0.25) is 10.0 Å². The van der Waals surface area contributed by atoms with Crippen molar-refractivity contribution in [2.24, 2.45) is 5.14 Å². The van der Waals surface area contributed by atoms with Gasteiger partial charge in [0.05, 0.1) is 4.90 Å². The van der Waals surface area contributed by atoms with Crippen LogP contribution >= 0.6 is 11.6 Å². The van der Waals surface area contributed by atoms with Crippen molar-refractivity contribution in [3.8, 4) is 0 Å². The van der Waals surface area contributed by atoms with Crippen molar-refractivity contribution in [3.05, 3.63) is 41.4 Å². The fraction of sp³-hybridized carbons (Fsp3) is 0. The molecule has 0 aliphatic heterocycles. The number of hydrogen-bond donors (Lipinski definition) is 1. The summed E-state index contributed by atoms with van der Waals surface area (Å²) in [6.07, 6.45) is 0. The molecule has 2 N–H and O–H groups in total. The van der Waals surface area contributed by atoms with Gasteiger partial charge in [0.25, 0.3) is 0 Å². The van der Waals surface area contributed by atoms with Gasteiger partial charge in [0, 0.05) is 10.4 Å². The molecule has 5 heteroatoms. The summed E-state index contributed by atoms with van der Waals surface area (Å²) in [6.45, 7) is 0. The fourth-order valence-electron chi connectivity index (χ4n) is 1.39. The van der Waals surface area contributed by atoms with E-state index in [-0.39, 0.29) is 4.90 Å². The van der Waals surface area contributed by atoms with E-state index in [1.807, 2.05) is 6.07 Å². The van der Waals surface area contributed by atoms with Crippen LogP contribution in [0.15, 0.2) is 41.3 Å². The molecule has 0 atom stereocenters. The molecule has 0 unspecified atom stereocenters. The van der Waals surface area contributed by atoms with Crippen molar-refractivity contribution in [2.45, 2.75) is 4.90 Å². The molecule has 2 rings (SSSR count). The first-order valence-electron chi connectivity index (χ1n) is 4.19. The van der Waals surface area contributed by atoms with Gasteiger partial charge in [-0.3, -0.25) is 0 Å². The molecule has 0 saturated heterocycles. The highest BCUT2D eigenvalue weighted by Gasteiger charge is 2.08. The summed E-state index contributed by atoms with van der Waals surface area (Å²) < 4.78 is 22.2. The Balaban J connectivity index is 2.81. The largest absolute Gasteiger partial charge is 0.238 e. The van der Waals surface area contributed by atoms with E-state index >= 15 is 0 Å². The monoisotopic (exact) mass is 241 g/mol. The third kappa shape index (κ3) is 1.97. The molecule has 0 amide bonds. The Bertz CT molecular complexity index is 622. The normalized spacial score (nSPS) is 11.9. The van der Waals surface area contributed by atoms with Crippen LogP contribution in [0.4, 0.5) is 0 Å². The van der Waals surface area contributed by atoms with Gasteiger partial charge in [-0.1, -0.05) is 29.8 Å². The van der Waals surface area contributed by atoms with Crippen LogP contribution in [-0.2, 0) is 10.0 Å². The first-order chi connectivity index (χ1) is 6.98. The Labute approximate surface area is 92.5 Å². The van der Waals surface area contributed by atoms with Crippen LogP contribution in [0, 0.1) is 0 Å². The maximum Gasteiger partial charge on any atom is 0.238 e. The van der Waals surface area contributed by atoms with Gasteiger partial charge in [0.1, 0.15) is 0 Å². The van der Waals surface area contributed by atoms with Crippen molar-refractivity contribution in [1.82, 2.24) is 0 Å². The number of benzene rings is 2. The zero-order chi connectivity index (χ0) is 11.1. The van der Waals surface area contributed by atoms with E-state index in [1.54, 1.807) is 18.2 Å². The minimum Gasteiger partial charge on any atom is -0.225 e. The van der Waals surface area contributed by atoms with Gasteiger partial charge in [-0.25, -0.2) is 13.6 Å². The summed E-state index contributed by atoms with van der Waals surface area (Å²) in [4.78, 5) is 0.0723. The lowest BCUT2D eigenvalue weighted by molar-refractivity contribution is 0.598. The molecular formula is C10H8ClNO2S. The topological polar surface area (TPSA) is 60.2 Å². The van der Waals surface area contributed by atoms with Gasteiger partial charge >= 0.3 is 0 Å². The van der Waals surface area contributed by atoms with Crippen molar-refractivity contribution in [3.63, 3.8) is 0 Å². The van der Waals surface area contributed by atoms with Crippen molar-refractivity contribution >= 4 is 32.4 Å². The minimum absolute atomic E-state index is 0.0723. The predicted octanol–water partition coefficient (Wildman–Crippen LogP) is 2.14. The summed E-state index contributed by atoms with van der Waals surface area (Å²) in [6, 6.07) is 9.99. The number of rotatable bonds is 1. The molecule has 2 aromatic rings. The average Bonchev–Trinajstić information content (AvgIpc) is 2.16. The smallest absolute Gasteiger partial charge is 0.225 e. The summed E-state index contributed by atoms with van der Waals surface area (Å²) in [7, 11) is -3.67. The Morgan fingerprint density at radius 2 is 1.87 bits per heavy atom. The second kappa shape index (κ2) is 3.48. The predicted molar refractivity (Wildman–Crippen MR) is 60.3 cm³/mol. The highest BCUT2D eigenvalue weighted by molar-refractivity contribution is 7.89. The van der Waals surface area contributed by atoms with Gasteiger partial charge in [-0.15, -0.1) is 0 Å². The van der Waals surface area contributed by atoms with Crippen LogP contribution in [0.3, 0.4) is 0 Å². The van der Waals surface area contributed by atoms with Gasteiger partial charge in [-0.2, -0.15) is 0 Å². The number of primary sulfonamides is 1. The number of sulfonamides is 1. The molecule has 0 aromatic heterocycles. The van der Waals surface area contributed by atoms with E-state index in [1.165, 1.54) is 12.1 Å². The number of fused-ring (bicyclic) bond motifs is 1. The van der Waals surface area contributed by atoms with Gasteiger partial charge in [0.15, 0.2) is 0 Å². The zero-order valence-electron chi connectivity index (χ0n) is 7.64. The average molecular weight is 242 g/mol. The molecule has 0 heterocycles. The lowest BCUT2D eigenvalue weighted by atomic mass is 10.1. The Kier molecular flexibility index (Phi) is 2.42. The highest BCUT2D eigenvalue weighted by Crippen LogP contribution is 2.25. The maximum atomic E-state index is 11.1. The SMILES string of the molecule is NS(=O)(=O)c1ccc2cccc(Cl)c2c1. The molecule has 0 fully saturated rings. The van der Waals surface area contributed by atoms with E-state index in [4.69, 9.17) is 16.7 Å². The number of nitrogens with two attached hydrogens (primary N) is 1. The number of halogens is 1. The van der Waals surface area contributed by atoms with Crippen molar-refractivity contribution < 1.29 is 8.42 Å². The van der Waals surface area contributed by atoms with Crippen molar-refractivity contribution in [1.29, 1.82) is 0 Å². The highest BCUT2D eigenvalue weighted by atomic mass is 35.5. The standard InChI is InChI=1S/C10H8ClNO2S/c11-10-3-1-2-7-4-5-8(6-9(7)10)15(12,13)14/h1-6H,(H2,12,13,14). The molecule has 78 valence electrons. The third-order valence-corrected chi connectivity index (χ3v) is 3.37. The minimum atomic E-state index is -3.67. The fourth-order valence-corrected chi connectivity index (χ4v) is 2.17. The lowest BCUT2D eigenvalue weighted by Crippen LogP contribution is -2.11. The van der Waals surface area contributed by atoms with Crippen LogP contribution in [0.2, 0.25) is 5.02 Å². The zero-order valence-corrected chi connectivity index (χ0v) is 9.22. The molecule has 3 nitrogen and oxygen atoms in total. The third-order valence-electron chi connectivity index (χ3n) is 2.13.